The fourth-order valence-corrected chi connectivity index (χ4v) is 3.55. The Balaban J connectivity index is 4.73. The molecule has 0 amide bonds. The summed E-state index contributed by atoms with van der Waals surface area (Å²) in [7, 11) is 0. The van der Waals surface area contributed by atoms with E-state index in [0.29, 0.717) is 39.3 Å². The second-order valence-corrected chi connectivity index (χ2v) is 14.3. The third-order valence-electron chi connectivity index (χ3n) is 4.78. The molecule has 0 spiro atoms. The van der Waals surface area contributed by atoms with Gasteiger partial charge in [0.1, 0.15) is 22.4 Å². The minimum atomic E-state index is -0.617. The number of hydrogen-bond acceptors (Lipinski definition) is 12. The van der Waals surface area contributed by atoms with Crippen LogP contribution in [0.3, 0.4) is 0 Å². The Labute approximate surface area is 253 Å². The summed E-state index contributed by atoms with van der Waals surface area (Å²) < 4.78 is 21.6. The number of rotatable bonds is 17. The fourth-order valence-electron chi connectivity index (χ4n) is 3.55. The van der Waals surface area contributed by atoms with E-state index < -0.39 is 46.3 Å². The normalized spacial score (nSPS) is 12.8. The van der Waals surface area contributed by atoms with E-state index in [4.69, 9.17) is 18.9 Å². The molecule has 0 aromatic carbocycles. The van der Waals surface area contributed by atoms with E-state index in [9.17, 15) is 19.2 Å². The predicted octanol–water partition coefficient (Wildman–Crippen LogP) is 2.14. The van der Waals surface area contributed by atoms with E-state index in [1.54, 1.807) is 92.9 Å². The largest absolute Gasteiger partial charge is 0.459 e. The van der Waals surface area contributed by atoms with Crippen LogP contribution in [-0.4, -0.2) is 122 Å². The van der Waals surface area contributed by atoms with Crippen molar-refractivity contribution >= 4 is 23.9 Å². The van der Waals surface area contributed by atoms with Crippen LogP contribution in [-0.2, 0) is 38.1 Å². The topological polar surface area (TPSA) is 136 Å². The SMILES string of the molecule is CC(C)(C)OC(=O)CN(CCNCCNCCN(CC(=O)OC(C)(C)C)CC(=O)OC(C)(C)C)CC(=O)OC(C)(C)C. The highest BCUT2D eigenvalue weighted by atomic mass is 16.6. The molecule has 0 aliphatic heterocycles. The van der Waals surface area contributed by atoms with Gasteiger partial charge in [-0.05, 0) is 83.1 Å². The van der Waals surface area contributed by atoms with Crippen LogP contribution in [0.25, 0.3) is 0 Å². The summed E-state index contributed by atoms with van der Waals surface area (Å²) in [5.74, 6) is -1.63. The molecule has 0 rings (SSSR count). The highest BCUT2D eigenvalue weighted by Crippen LogP contribution is 2.11. The second kappa shape index (κ2) is 17.7. The number of carbonyl (C=O) groups is 4. The van der Waals surface area contributed by atoms with Crippen LogP contribution in [0.4, 0.5) is 0 Å². The molecule has 12 heteroatoms. The van der Waals surface area contributed by atoms with E-state index in [0.717, 1.165) is 0 Å². The Kier molecular flexibility index (Phi) is 16.8. The first-order valence-electron chi connectivity index (χ1n) is 14.7. The van der Waals surface area contributed by atoms with Gasteiger partial charge in [-0.2, -0.15) is 0 Å². The van der Waals surface area contributed by atoms with Gasteiger partial charge in [0.05, 0.1) is 26.2 Å². The Morgan fingerprint density at radius 2 is 0.643 bits per heavy atom. The molecule has 2 N–H and O–H groups in total. The molecule has 0 fully saturated rings. The van der Waals surface area contributed by atoms with Gasteiger partial charge < -0.3 is 29.6 Å². The predicted molar refractivity (Wildman–Crippen MR) is 162 cm³/mol. The molecule has 0 saturated heterocycles. The van der Waals surface area contributed by atoms with Gasteiger partial charge in [0.15, 0.2) is 0 Å². The molecule has 0 aromatic rings. The maximum atomic E-state index is 12.4. The first-order valence-corrected chi connectivity index (χ1v) is 14.7. The summed E-state index contributed by atoms with van der Waals surface area (Å²) in [4.78, 5) is 52.8. The van der Waals surface area contributed by atoms with Crippen molar-refractivity contribution in [2.24, 2.45) is 0 Å². The molecule has 0 aromatic heterocycles. The Morgan fingerprint density at radius 1 is 0.429 bits per heavy atom. The molecule has 12 nitrogen and oxygen atoms in total. The van der Waals surface area contributed by atoms with Crippen molar-refractivity contribution in [1.82, 2.24) is 20.4 Å². The molecule has 246 valence electrons. The zero-order valence-electron chi connectivity index (χ0n) is 28.2. The lowest BCUT2D eigenvalue weighted by Crippen LogP contribution is -2.44. The molecular weight excluding hydrogens is 544 g/mol. The number of esters is 4. The molecule has 42 heavy (non-hydrogen) atoms. The van der Waals surface area contributed by atoms with Gasteiger partial charge in [-0.3, -0.25) is 29.0 Å². The van der Waals surface area contributed by atoms with E-state index in [1.165, 1.54) is 0 Å². The number of carbonyl (C=O) groups excluding carboxylic acids is 4. The molecular formula is C30H58N4O8. The number of hydrogen-bond donors (Lipinski definition) is 2. The first kappa shape index (κ1) is 39.7. The Morgan fingerprint density at radius 3 is 0.833 bits per heavy atom. The van der Waals surface area contributed by atoms with Crippen LogP contribution in [0.15, 0.2) is 0 Å². The van der Waals surface area contributed by atoms with Gasteiger partial charge in [-0.15, -0.1) is 0 Å². The van der Waals surface area contributed by atoms with Crippen molar-refractivity contribution in [2.45, 2.75) is 105 Å². The summed E-state index contributed by atoms with van der Waals surface area (Å²) in [6.45, 7) is 24.7. The van der Waals surface area contributed by atoms with E-state index in [2.05, 4.69) is 10.6 Å². The van der Waals surface area contributed by atoms with Gasteiger partial charge >= 0.3 is 23.9 Å². The van der Waals surface area contributed by atoms with Gasteiger partial charge in [-0.1, -0.05) is 0 Å². The monoisotopic (exact) mass is 602 g/mol. The number of nitrogens with zero attached hydrogens (tertiary/aromatic N) is 2. The van der Waals surface area contributed by atoms with Crippen molar-refractivity contribution in [1.29, 1.82) is 0 Å². The zero-order chi connectivity index (χ0) is 32.8. The molecule has 0 atom stereocenters. The lowest BCUT2D eigenvalue weighted by molar-refractivity contribution is -0.162. The third kappa shape index (κ3) is 25.4. The van der Waals surface area contributed by atoms with Gasteiger partial charge in [0.25, 0.3) is 0 Å². The highest BCUT2D eigenvalue weighted by Gasteiger charge is 2.24. The third-order valence-corrected chi connectivity index (χ3v) is 4.78. The van der Waals surface area contributed by atoms with E-state index >= 15 is 0 Å². The molecule has 0 aliphatic rings. The van der Waals surface area contributed by atoms with Crippen LogP contribution in [0, 0.1) is 0 Å². The van der Waals surface area contributed by atoms with E-state index in [1.807, 2.05) is 0 Å². The van der Waals surface area contributed by atoms with Crippen LogP contribution < -0.4 is 10.6 Å². The maximum absolute atomic E-state index is 12.4. The lowest BCUT2D eigenvalue weighted by Gasteiger charge is -2.26. The summed E-state index contributed by atoms with van der Waals surface area (Å²) in [5, 5.41) is 6.59. The quantitative estimate of drug-likeness (QED) is 0.143. The molecule has 0 bridgehead atoms. The van der Waals surface area contributed by atoms with Crippen molar-refractivity contribution in [3.8, 4) is 0 Å². The van der Waals surface area contributed by atoms with Crippen LogP contribution in [0.5, 0.6) is 0 Å². The maximum Gasteiger partial charge on any atom is 0.320 e. The van der Waals surface area contributed by atoms with Crippen molar-refractivity contribution in [3.05, 3.63) is 0 Å². The van der Waals surface area contributed by atoms with Gasteiger partial charge in [0.2, 0.25) is 0 Å². The van der Waals surface area contributed by atoms with Crippen LogP contribution in [0.1, 0.15) is 83.1 Å². The highest BCUT2D eigenvalue weighted by molar-refractivity contribution is 5.76. The lowest BCUT2D eigenvalue weighted by atomic mass is 10.2. The van der Waals surface area contributed by atoms with Gasteiger partial charge in [0, 0.05) is 39.3 Å². The fraction of sp³-hybridized carbons (Fsp3) is 0.867. The standard InChI is InChI=1S/C30H58N4O8/c1-27(2,3)39-23(35)19-33(20-24(36)40-28(4,5)6)17-15-31-13-14-32-16-18-34(21-25(37)41-29(7,8)9)22-26(38)42-30(10,11)12/h31-32H,13-22H2,1-12H3. The van der Waals surface area contributed by atoms with Crippen molar-refractivity contribution < 1.29 is 38.1 Å². The Hall–Kier alpha value is -2.28. The Bertz CT molecular complexity index is 721. The zero-order valence-corrected chi connectivity index (χ0v) is 28.2. The molecule has 0 unspecified atom stereocenters. The van der Waals surface area contributed by atoms with Gasteiger partial charge in [-0.25, -0.2) is 0 Å². The average Bonchev–Trinajstić information content (AvgIpc) is 2.69. The summed E-state index contributed by atoms with van der Waals surface area (Å²) in [6, 6.07) is 0. The molecule has 0 saturated carbocycles. The number of nitrogens with one attached hydrogen (secondary N) is 2. The summed E-state index contributed by atoms with van der Waals surface area (Å²) >= 11 is 0. The minimum absolute atomic E-state index is 0.0262. The summed E-state index contributed by atoms with van der Waals surface area (Å²) in [5.41, 5.74) is -2.47. The van der Waals surface area contributed by atoms with Crippen LogP contribution >= 0.6 is 0 Å². The molecule has 0 radical (unpaired) electrons. The van der Waals surface area contributed by atoms with Crippen LogP contribution in [0.2, 0.25) is 0 Å². The molecule has 0 heterocycles. The minimum Gasteiger partial charge on any atom is -0.459 e. The second-order valence-electron chi connectivity index (χ2n) is 14.3. The van der Waals surface area contributed by atoms with Crippen molar-refractivity contribution in [2.75, 3.05) is 65.4 Å². The number of ether oxygens (including phenoxy) is 4. The molecule has 0 aliphatic carbocycles. The summed E-state index contributed by atoms with van der Waals surface area (Å²) in [6.07, 6.45) is 0. The first-order chi connectivity index (χ1) is 18.9. The van der Waals surface area contributed by atoms with E-state index in [-0.39, 0.29) is 26.2 Å². The smallest absolute Gasteiger partial charge is 0.320 e. The van der Waals surface area contributed by atoms with Crippen molar-refractivity contribution in [3.63, 3.8) is 0 Å². The average molecular weight is 603 g/mol.